The van der Waals surface area contributed by atoms with Gasteiger partial charge in [-0.05, 0) is 41.0 Å². The standard InChI is InChI=1S/C15H20IN3S/c1-5-17-14-12(16)13(15(2,3)4)18-11(19-14)9-10-7-6-8-20-10/h6-8H,5,9H2,1-4H3,(H,17,18,19). The Hall–Kier alpha value is -0.690. The van der Waals surface area contributed by atoms with Gasteiger partial charge in [-0.1, -0.05) is 26.8 Å². The molecule has 3 nitrogen and oxygen atoms in total. The molecular weight excluding hydrogens is 381 g/mol. The molecule has 2 rings (SSSR count). The number of aromatic nitrogens is 2. The van der Waals surface area contributed by atoms with Gasteiger partial charge in [0.05, 0.1) is 9.26 Å². The van der Waals surface area contributed by atoms with E-state index in [-0.39, 0.29) is 5.41 Å². The second-order valence-corrected chi connectivity index (χ2v) is 7.80. The Bertz CT molecular complexity index is 574. The first-order chi connectivity index (χ1) is 9.41. The molecule has 0 radical (unpaired) electrons. The Balaban J connectivity index is 2.44. The zero-order valence-corrected chi connectivity index (χ0v) is 15.3. The minimum absolute atomic E-state index is 0.0217. The van der Waals surface area contributed by atoms with Crippen LogP contribution < -0.4 is 5.32 Å². The van der Waals surface area contributed by atoms with Gasteiger partial charge in [-0.25, -0.2) is 9.97 Å². The van der Waals surface area contributed by atoms with Gasteiger partial charge in [0.1, 0.15) is 11.6 Å². The van der Waals surface area contributed by atoms with Crippen molar-refractivity contribution in [2.24, 2.45) is 0 Å². The number of hydrogen-bond donors (Lipinski definition) is 1. The second-order valence-electron chi connectivity index (χ2n) is 5.69. The lowest BCUT2D eigenvalue weighted by molar-refractivity contribution is 0.559. The number of thiophene rings is 1. The zero-order chi connectivity index (χ0) is 14.8. The van der Waals surface area contributed by atoms with E-state index in [1.165, 1.54) is 4.88 Å². The monoisotopic (exact) mass is 401 g/mol. The highest BCUT2D eigenvalue weighted by Gasteiger charge is 2.23. The Morgan fingerprint density at radius 1 is 1.30 bits per heavy atom. The number of anilines is 1. The van der Waals surface area contributed by atoms with Gasteiger partial charge in [0, 0.05) is 23.3 Å². The van der Waals surface area contributed by atoms with E-state index in [4.69, 9.17) is 4.98 Å². The third-order valence-corrected chi connectivity index (χ3v) is 4.76. The molecule has 0 aliphatic carbocycles. The maximum atomic E-state index is 4.81. The third-order valence-electron chi connectivity index (χ3n) is 2.86. The van der Waals surface area contributed by atoms with Crippen LogP contribution in [0.4, 0.5) is 5.82 Å². The smallest absolute Gasteiger partial charge is 0.143 e. The topological polar surface area (TPSA) is 37.8 Å². The fraction of sp³-hybridized carbons (Fsp3) is 0.467. The van der Waals surface area contributed by atoms with Gasteiger partial charge < -0.3 is 5.32 Å². The SMILES string of the molecule is CCNc1nc(Cc2cccs2)nc(C(C)(C)C)c1I. The molecule has 0 unspecified atom stereocenters. The third kappa shape index (κ3) is 3.69. The quantitative estimate of drug-likeness (QED) is 0.769. The van der Waals surface area contributed by atoms with Crippen LogP contribution in [-0.4, -0.2) is 16.5 Å². The van der Waals surface area contributed by atoms with Crippen molar-refractivity contribution in [1.82, 2.24) is 9.97 Å². The second kappa shape index (κ2) is 6.39. The maximum absolute atomic E-state index is 4.81. The van der Waals surface area contributed by atoms with Crippen LogP contribution in [0.25, 0.3) is 0 Å². The van der Waals surface area contributed by atoms with Crippen molar-refractivity contribution in [3.8, 4) is 0 Å². The molecule has 0 aliphatic heterocycles. The van der Waals surface area contributed by atoms with Crippen molar-refractivity contribution in [2.45, 2.75) is 39.5 Å². The van der Waals surface area contributed by atoms with Crippen molar-refractivity contribution in [3.63, 3.8) is 0 Å². The Kier molecular flexibility index (Phi) is 5.01. The summed E-state index contributed by atoms with van der Waals surface area (Å²) in [6.45, 7) is 9.55. The summed E-state index contributed by atoms with van der Waals surface area (Å²) in [6, 6.07) is 4.21. The van der Waals surface area contributed by atoms with E-state index in [1.54, 1.807) is 11.3 Å². The maximum Gasteiger partial charge on any atom is 0.143 e. The first-order valence-electron chi connectivity index (χ1n) is 6.75. The molecule has 2 aromatic heterocycles. The predicted octanol–water partition coefficient (Wildman–Crippen LogP) is 4.46. The lowest BCUT2D eigenvalue weighted by Gasteiger charge is -2.22. The van der Waals surface area contributed by atoms with Crippen LogP contribution in [0.2, 0.25) is 0 Å². The van der Waals surface area contributed by atoms with E-state index in [2.05, 4.69) is 78.1 Å². The summed E-state index contributed by atoms with van der Waals surface area (Å²) in [5.41, 5.74) is 1.14. The average Bonchev–Trinajstić information content (AvgIpc) is 2.84. The largest absolute Gasteiger partial charge is 0.369 e. The zero-order valence-electron chi connectivity index (χ0n) is 12.3. The van der Waals surface area contributed by atoms with Crippen molar-refractivity contribution in [3.05, 3.63) is 37.5 Å². The van der Waals surface area contributed by atoms with Crippen molar-refractivity contribution < 1.29 is 0 Å². The average molecular weight is 401 g/mol. The molecule has 0 saturated carbocycles. The van der Waals surface area contributed by atoms with Crippen LogP contribution in [0, 0.1) is 3.57 Å². The van der Waals surface area contributed by atoms with Crippen molar-refractivity contribution >= 4 is 39.7 Å². The van der Waals surface area contributed by atoms with E-state index in [9.17, 15) is 0 Å². The van der Waals surface area contributed by atoms with E-state index >= 15 is 0 Å². The van der Waals surface area contributed by atoms with Gasteiger partial charge in [-0.3, -0.25) is 0 Å². The minimum atomic E-state index is 0.0217. The van der Waals surface area contributed by atoms with Crippen LogP contribution in [-0.2, 0) is 11.8 Å². The summed E-state index contributed by atoms with van der Waals surface area (Å²) in [5, 5.41) is 5.45. The molecule has 0 fully saturated rings. The van der Waals surface area contributed by atoms with Gasteiger partial charge in [-0.15, -0.1) is 11.3 Å². The molecule has 0 amide bonds. The summed E-state index contributed by atoms with van der Waals surface area (Å²) in [4.78, 5) is 10.8. The number of halogens is 1. The van der Waals surface area contributed by atoms with E-state index in [1.807, 2.05) is 0 Å². The van der Waals surface area contributed by atoms with Crippen LogP contribution in [0.5, 0.6) is 0 Å². The fourth-order valence-electron chi connectivity index (χ4n) is 1.92. The van der Waals surface area contributed by atoms with E-state index in [0.717, 1.165) is 33.9 Å². The lowest BCUT2D eigenvalue weighted by Crippen LogP contribution is -2.20. The molecular formula is C15H20IN3S. The molecule has 0 aromatic carbocycles. The van der Waals surface area contributed by atoms with Gasteiger partial charge in [0.2, 0.25) is 0 Å². The number of nitrogens with zero attached hydrogens (tertiary/aromatic N) is 2. The first-order valence-corrected chi connectivity index (χ1v) is 8.70. The molecule has 20 heavy (non-hydrogen) atoms. The summed E-state index contributed by atoms with van der Waals surface area (Å²) < 4.78 is 1.13. The Morgan fingerprint density at radius 2 is 2.05 bits per heavy atom. The van der Waals surface area contributed by atoms with Crippen LogP contribution in [0.15, 0.2) is 17.5 Å². The van der Waals surface area contributed by atoms with E-state index in [0.29, 0.717) is 0 Å². The Morgan fingerprint density at radius 3 is 2.60 bits per heavy atom. The van der Waals surface area contributed by atoms with E-state index < -0.39 is 0 Å². The highest BCUT2D eigenvalue weighted by atomic mass is 127. The minimum Gasteiger partial charge on any atom is -0.369 e. The molecule has 0 bridgehead atoms. The van der Waals surface area contributed by atoms with Crippen LogP contribution in [0.3, 0.4) is 0 Å². The number of nitrogens with one attached hydrogen (secondary N) is 1. The molecule has 5 heteroatoms. The summed E-state index contributed by atoms with van der Waals surface area (Å²) in [7, 11) is 0. The normalized spacial score (nSPS) is 11.7. The van der Waals surface area contributed by atoms with Crippen molar-refractivity contribution in [1.29, 1.82) is 0 Å². The molecule has 0 atom stereocenters. The predicted molar refractivity (Wildman–Crippen MR) is 94.7 cm³/mol. The highest BCUT2D eigenvalue weighted by molar-refractivity contribution is 14.1. The fourth-order valence-corrected chi connectivity index (χ4v) is 3.87. The first kappa shape index (κ1) is 15.7. The molecule has 1 N–H and O–H groups in total. The molecule has 2 aromatic rings. The summed E-state index contributed by atoms with van der Waals surface area (Å²) in [6.07, 6.45) is 0.802. The van der Waals surface area contributed by atoms with Gasteiger partial charge in [-0.2, -0.15) is 0 Å². The molecule has 0 aliphatic rings. The van der Waals surface area contributed by atoms with Crippen LogP contribution >= 0.6 is 33.9 Å². The van der Waals surface area contributed by atoms with Gasteiger partial charge >= 0.3 is 0 Å². The summed E-state index contributed by atoms with van der Waals surface area (Å²) >= 11 is 4.10. The van der Waals surface area contributed by atoms with Crippen molar-refractivity contribution in [2.75, 3.05) is 11.9 Å². The van der Waals surface area contributed by atoms with Gasteiger partial charge in [0.15, 0.2) is 0 Å². The number of hydrogen-bond acceptors (Lipinski definition) is 4. The number of rotatable bonds is 4. The summed E-state index contributed by atoms with van der Waals surface area (Å²) in [5.74, 6) is 1.85. The Labute approximate surface area is 138 Å². The lowest BCUT2D eigenvalue weighted by atomic mass is 9.92. The van der Waals surface area contributed by atoms with Gasteiger partial charge in [0.25, 0.3) is 0 Å². The molecule has 2 heterocycles. The molecule has 108 valence electrons. The highest BCUT2D eigenvalue weighted by Crippen LogP contribution is 2.30. The molecule has 0 saturated heterocycles. The van der Waals surface area contributed by atoms with Crippen LogP contribution in [0.1, 0.15) is 44.1 Å². The molecule has 0 spiro atoms.